The van der Waals surface area contributed by atoms with Crippen molar-refractivity contribution in [3.63, 3.8) is 0 Å². The first-order valence-electron chi connectivity index (χ1n) is 4.38. The van der Waals surface area contributed by atoms with Crippen LogP contribution in [0.1, 0.15) is 32.6 Å². The van der Waals surface area contributed by atoms with Crippen LogP contribution in [0.2, 0.25) is 0 Å². The van der Waals surface area contributed by atoms with Crippen LogP contribution in [0.4, 0.5) is 0 Å². The van der Waals surface area contributed by atoms with Gasteiger partial charge >= 0.3 is 0 Å². The normalized spacial score (nSPS) is 28.8. The minimum atomic E-state index is 0.815. The van der Waals surface area contributed by atoms with Gasteiger partial charge in [0.25, 0.3) is 0 Å². The van der Waals surface area contributed by atoms with Crippen LogP contribution in [0.15, 0.2) is 0 Å². The minimum Gasteiger partial charge on any atom is -0.301 e. The number of hydrogen-bond donors (Lipinski definition) is 0. The van der Waals surface area contributed by atoms with Crippen LogP contribution in [0, 0.1) is 6.92 Å². The molecule has 1 fully saturated rings. The van der Waals surface area contributed by atoms with Gasteiger partial charge in [0.2, 0.25) is 0 Å². The second-order valence-electron chi connectivity index (χ2n) is 3.23. The minimum absolute atomic E-state index is 0.815. The molecule has 0 bridgehead atoms. The second-order valence-corrected chi connectivity index (χ2v) is 3.23. The van der Waals surface area contributed by atoms with E-state index in [1.165, 1.54) is 32.4 Å². The second kappa shape index (κ2) is 3.97. The number of rotatable bonds is 2. The summed E-state index contributed by atoms with van der Waals surface area (Å²) in [6.07, 6.45) is 5.27. The van der Waals surface area contributed by atoms with Crippen molar-refractivity contribution in [2.45, 2.75) is 38.6 Å². The van der Waals surface area contributed by atoms with E-state index >= 15 is 0 Å². The SMILES string of the molecule is [CH2]CCN1CCCCC1C. The highest BCUT2D eigenvalue weighted by atomic mass is 15.1. The number of piperidine rings is 1. The predicted octanol–water partition coefficient (Wildman–Crippen LogP) is 2.08. The number of hydrogen-bond acceptors (Lipinski definition) is 1. The fraction of sp³-hybridized carbons (Fsp3) is 0.889. The third-order valence-electron chi connectivity index (χ3n) is 2.39. The summed E-state index contributed by atoms with van der Waals surface area (Å²) in [5, 5.41) is 0. The molecule has 0 aromatic heterocycles. The Balaban J connectivity index is 2.25. The van der Waals surface area contributed by atoms with E-state index in [-0.39, 0.29) is 0 Å². The molecule has 1 aliphatic rings. The zero-order valence-corrected chi connectivity index (χ0v) is 6.97. The van der Waals surface area contributed by atoms with Crippen LogP contribution >= 0.6 is 0 Å². The van der Waals surface area contributed by atoms with Crippen molar-refractivity contribution < 1.29 is 0 Å². The van der Waals surface area contributed by atoms with Gasteiger partial charge in [0.15, 0.2) is 0 Å². The van der Waals surface area contributed by atoms with Crippen LogP contribution < -0.4 is 0 Å². The highest BCUT2D eigenvalue weighted by Crippen LogP contribution is 2.15. The molecule has 1 aliphatic heterocycles. The van der Waals surface area contributed by atoms with Gasteiger partial charge in [0, 0.05) is 6.04 Å². The average Bonchev–Trinajstić information content (AvgIpc) is 1.94. The van der Waals surface area contributed by atoms with Crippen molar-refractivity contribution in [2.24, 2.45) is 0 Å². The number of likely N-dealkylation sites (tertiary alicyclic amines) is 1. The molecule has 1 unspecified atom stereocenters. The average molecular weight is 140 g/mol. The summed E-state index contributed by atoms with van der Waals surface area (Å²) in [7, 11) is 0. The summed E-state index contributed by atoms with van der Waals surface area (Å²) < 4.78 is 0. The maximum absolute atomic E-state index is 3.87. The van der Waals surface area contributed by atoms with Gasteiger partial charge in [-0.1, -0.05) is 13.3 Å². The fourth-order valence-corrected chi connectivity index (χ4v) is 1.69. The Morgan fingerprint density at radius 3 is 2.90 bits per heavy atom. The molecule has 0 aromatic rings. The van der Waals surface area contributed by atoms with Gasteiger partial charge in [-0.15, -0.1) is 0 Å². The molecule has 0 aliphatic carbocycles. The largest absolute Gasteiger partial charge is 0.301 e. The van der Waals surface area contributed by atoms with Crippen molar-refractivity contribution >= 4 is 0 Å². The highest BCUT2D eigenvalue weighted by Gasteiger charge is 2.16. The van der Waals surface area contributed by atoms with Gasteiger partial charge < -0.3 is 4.90 Å². The van der Waals surface area contributed by atoms with Crippen LogP contribution in [0.25, 0.3) is 0 Å². The van der Waals surface area contributed by atoms with Crippen LogP contribution in [0.5, 0.6) is 0 Å². The number of nitrogens with zero attached hydrogens (tertiary/aromatic N) is 1. The van der Waals surface area contributed by atoms with Crippen molar-refractivity contribution in [3.8, 4) is 0 Å². The lowest BCUT2D eigenvalue weighted by molar-refractivity contribution is 0.163. The third-order valence-corrected chi connectivity index (χ3v) is 2.39. The molecule has 0 saturated carbocycles. The van der Waals surface area contributed by atoms with Gasteiger partial charge in [-0.2, -0.15) is 0 Å². The molecule has 1 radical (unpaired) electrons. The Morgan fingerprint density at radius 1 is 1.50 bits per heavy atom. The van der Waals surface area contributed by atoms with E-state index in [2.05, 4.69) is 18.7 Å². The Bertz CT molecular complexity index is 88.7. The molecular weight excluding hydrogens is 122 g/mol. The summed E-state index contributed by atoms with van der Waals surface area (Å²) in [5.74, 6) is 0. The molecule has 59 valence electrons. The van der Waals surface area contributed by atoms with Gasteiger partial charge in [0.1, 0.15) is 0 Å². The van der Waals surface area contributed by atoms with Gasteiger partial charge in [-0.3, -0.25) is 0 Å². The van der Waals surface area contributed by atoms with Gasteiger partial charge in [-0.05, 0) is 39.3 Å². The molecule has 0 aromatic carbocycles. The third kappa shape index (κ3) is 1.98. The molecule has 1 nitrogen and oxygen atoms in total. The summed E-state index contributed by atoms with van der Waals surface area (Å²) in [4.78, 5) is 2.55. The van der Waals surface area contributed by atoms with Gasteiger partial charge in [-0.25, -0.2) is 0 Å². The first-order chi connectivity index (χ1) is 4.84. The lowest BCUT2D eigenvalue weighted by Crippen LogP contribution is -2.37. The van der Waals surface area contributed by atoms with E-state index in [4.69, 9.17) is 0 Å². The summed E-state index contributed by atoms with van der Waals surface area (Å²) in [6.45, 7) is 8.70. The molecule has 0 spiro atoms. The summed E-state index contributed by atoms with van der Waals surface area (Å²) in [5.41, 5.74) is 0. The zero-order valence-electron chi connectivity index (χ0n) is 6.97. The lowest BCUT2D eigenvalue weighted by atomic mass is 10.0. The molecule has 1 saturated heterocycles. The van der Waals surface area contributed by atoms with E-state index in [9.17, 15) is 0 Å². The molecule has 1 heterocycles. The Morgan fingerprint density at radius 2 is 2.30 bits per heavy atom. The van der Waals surface area contributed by atoms with E-state index in [0.717, 1.165) is 12.5 Å². The first-order valence-corrected chi connectivity index (χ1v) is 4.38. The van der Waals surface area contributed by atoms with Crippen molar-refractivity contribution in [1.29, 1.82) is 0 Å². The Kier molecular flexibility index (Phi) is 3.20. The standard InChI is InChI=1S/C9H18N/c1-3-7-10-8-5-4-6-9(10)2/h9H,1,3-8H2,2H3. The quantitative estimate of drug-likeness (QED) is 0.567. The fourth-order valence-electron chi connectivity index (χ4n) is 1.69. The summed E-state index contributed by atoms with van der Waals surface area (Å²) in [6, 6.07) is 0.815. The monoisotopic (exact) mass is 140 g/mol. The Hall–Kier alpha value is -0.0400. The lowest BCUT2D eigenvalue weighted by Gasteiger charge is -2.32. The van der Waals surface area contributed by atoms with Crippen LogP contribution in [0.3, 0.4) is 0 Å². The Labute approximate surface area is 64.4 Å². The van der Waals surface area contributed by atoms with E-state index < -0.39 is 0 Å². The smallest absolute Gasteiger partial charge is 0.00669 e. The highest BCUT2D eigenvalue weighted by molar-refractivity contribution is 4.72. The first kappa shape index (κ1) is 8.06. The van der Waals surface area contributed by atoms with Crippen molar-refractivity contribution in [1.82, 2.24) is 4.90 Å². The molecular formula is C9H18N. The molecule has 0 N–H and O–H groups in total. The molecule has 1 rings (SSSR count). The van der Waals surface area contributed by atoms with Crippen LogP contribution in [-0.2, 0) is 0 Å². The molecule has 10 heavy (non-hydrogen) atoms. The van der Waals surface area contributed by atoms with Gasteiger partial charge in [0.05, 0.1) is 0 Å². The van der Waals surface area contributed by atoms with Crippen molar-refractivity contribution in [3.05, 3.63) is 6.92 Å². The predicted molar refractivity (Wildman–Crippen MR) is 44.9 cm³/mol. The summed E-state index contributed by atoms with van der Waals surface area (Å²) >= 11 is 0. The van der Waals surface area contributed by atoms with E-state index in [1.807, 2.05) is 0 Å². The molecule has 1 atom stereocenters. The van der Waals surface area contributed by atoms with Crippen molar-refractivity contribution in [2.75, 3.05) is 13.1 Å². The maximum Gasteiger partial charge on any atom is 0.00669 e. The molecule has 0 amide bonds. The maximum atomic E-state index is 3.87. The zero-order chi connectivity index (χ0) is 7.40. The van der Waals surface area contributed by atoms with E-state index in [0.29, 0.717) is 0 Å². The topological polar surface area (TPSA) is 3.24 Å². The van der Waals surface area contributed by atoms with E-state index in [1.54, 1.807) is 0 Å². The van der Waals surface area contributed by atoms with Crippen LogP contribution in [-0.4, -0.2) is 24.0 Å². The molecule has 1 heteroatoms.